The lowest BCUT2D eigenvalue weighted by Crippen LogP contribution is -2.44. The van der Waals surface area contributed by atoms with Crippen molar-refractivity contribution in [1.29, 1.82) is 0 Å². The van der Waals surface area contributed by atoms with E-state index in [2.05, 4.69) is 27.2 Å². The first kappa shape index (κ1) is 21.0. The Morgan fingerprint density at radius 1 is 1.23 bits per heavy atom. The highest BCUT2D eigenvalue weighted by atomic mass is 32.2. The second kappa shape index (κ2) is 12.6. The molecule has 0 radical (unpaired) electrons. The smallest absolute Gasteiger partial charge is 0.222 e. The van der Waals surface area contributed by atoms with Crippen molar-refractivity contribution in [1.82, 2.24) is 16.0 Å². The van der Waals surface area contributed by atoms with Crippen LogP contribution in [0.1, 0.15) is 33.6 Å². The number of rotatable bonds is 10. The fourth-order valence-corrected chi connectivity index (χ4v) is 2.04. The molecule has 0 aliphatic carbocycles. The van der Waals surface area contributed by atoms with E-state index >= 15 is 0 Å². The number of nitrogens with zero attached hydrogens (tertiary/aromatic N) is 1. The average molecular weight is 333 g/mol. The molecule has 0 aliphatic heterocycles. The third-order valence-corrected chi connectivity index (χ3v) is 3.23. The molecule has 0 bridgehead atoms. The maximum absolute atomic E-state index is 11.8. The Morgan fingerprint density at radius 2 is 1.91 bits per heavy atom. The number of nitrogens with one attached hydrogen (secondary N) is 3. The number of guanidine groups is 1. The molecule has 130 valence electrons. The third kappa shape index (κ3) is 14.0. The molecule has 7 heteroatoms. The van der Waals surface area contributed by atoms with Crippen molar-refractivity contribution < 1.29 is 9.53 Å². The second-order valence-corrected chi connectivity index (χ2v) is 6.96. The molecule has 0 aromatic rings. The van der Waals surface area contributed by atoms with Gasteiger partial charge in [0.15, 0.2) is 5.96 Å². The molecule has 0 saturated carbocycles. The van der Waals surface area contributed by atoms with E-state index < -0.39 is 0 Å². The van der Waals surface area contributed by atoms with E-state index in [1.807, 2.05) is 32.5 Å². The average Bonchev–Trinajstić information content (AvgIpc) is 2.41. The minimum atomic E-state index is -0.192. The molecule has 0 unspecified atom stereocenters. The third-order valence-electron chi connectivity index (χ3n) is 2.53. The summed E-state index contributed by atoms with van der Waals surface area (Å²) in [5.74, 6) is 1.88. The van der Waals surface area contributed by atoms with Gasteiger partial charge < -0.3 is 20.7 Å². The number of methoxy groups -OCH3 is 1. The van der Waals surface area contributed by atoms with Crippen LogP contribution in [0.15, 0.2) is 4.99 Å². The summed E-state index contributed by atoms with van der Waals surface area (Å²) in [4.78, 5) is 16.3. The first-order chi connectivity index (χ1) is 10.4. The van der Waals surface area contributed by atoms with Crippen LogP contribution in [0.3, 0.4) is 0 Å². The van der Waals surface area contributed by atoms with Crippen molar-refractivity contribution >= 4 is 23.6 Å². The molecule has 22 heavy (non-hydrogen) atoms. The van der Waals surface area contributed by atoms with Crippen LogP contribution in [0.5, 0.6) is 0 Å². The van der Waals surface area contributed by atoms with Gasteiger partial charge in [0.25, 0.3) is 0 Å². The summed E-state index contributed by atoms with van der Waals surface area (Å²) in [6.45, 7) is 8.57. The van der Waals surface area contributed by atoms with Crippen LogP contribution in [-0.4, -0.2) is 62.8 Å². The zero-order valence-electron chi connectivity index (χ0n) is 14.6. The molecular weight excluding hydrogens is 300 g/mol. The molecule has 0 heterocycles. The summed E-state index contributed by atoms with van der Waals surface area (Å²) in [5.41, 5.74) is -0.192. The highest BCUT2D eigenvalue weighted by Gasteiger charge is 2.13. The van der Waals surface area contributed by atoms with E-state index in [4.69, 9.17) is 4.74 Å². The Balaban J connectivity index is 4.12. The maximum Gasteiger partial charge on any atom is 0.222 e. The molecule has 0 aromatic carbocycles. The zero-order valence-corrected chi connectivity index (χ0v) is 15.4. The van der Waals surface area contributed by atoms with E-state index in [0.29, 0.717) is 26.1 Å². The van der Waals surface area contributed by atoms with Crippen molar-refractivity contribution in [2.24, 2.45) is 4.99 Å². The minimum absolute atomic E-state index is 0.0404. The second-order valence-electron chi connectivity index (χ2n) is 5.97. The summed E-state index contributed by atoms with van der Waals surface area (Å²) < 4.78 is 5.02. The highest BCUT2D eigenvalue weighted by molar-refractivity contribution is 7.98. The van der Waals surface area contributed by atoms with Crippen LogP contribution in [0.2, 0.25) is 0 Å². The van der Waals surface area contributed by atoms with E-state index in [0.717, 1.165) is 24.7 Å². The number of aliphatic imine (C=N–C) groups is 1. The number of hydrogen-bond acceptors (Lipinski definition) is 4. The van der Waals surface area contributed by atoms with Gasteiger partial charge in [-0.25, -0.2) is 0 Å². The number of ether oxygens (including phenoxy) is 1. The van der Waals surface area contributed by atoms with Crippen LogP contribution in [0, 0.1) is 0 Å². The minimum Gasteiger partial charge on any atom is -0.383 e. The highest BCUT2D eigenvalue weighted by Crippen LogP contribution is 1.98. The van der Waals surface area contributed by atoms with Crippen LogP contribution in [0.4, 0.5) is 0 Å². The molecular formula is C15H32N4O2S. The lowest BCUT2D eigenvalue weighted by molar-refractivity contribution is -0.122. The summed E-state index contributed by atoms with van der Waals surface area (Å²) in [6, 6.07) is 0. The lowest BCUT2D eigenvalue weighted by Gasteiger charge is -2.20. The molecule has 0 fully saturated rings. The van der Waals surface area contributed by atoms with Gasteiger partial charge in [-0.15, -0.1) is 0 Å². The van der Waals surface area contributed by atoms with Gasteiger partial charge in [0, 0.05) is 38.7 Å². The number of amides is 1. The number of thioether (sulfide) groups is 1. The van der Waals surface area contributed by atoms with Gasteiger partial charge >= 0.3 is 0 Å². The Morgan fingerprint density at radius 3 is 2.50 bits per heavy atom. The fourth-order valence-electron chi connectivity index (χ4n) is 1.62. The first-order valence-corrected chi connectivity index (χ1v) is 9.09. The van der Waals surface area contributed by atoms with Crippen LogP contribution in [-0.2, 0) is 9.53 Å². The summed E-state index contributed by atoms with van der Waals surface area (Å²) in [5, 5.41) is 9.33. The van der Waals surface area contributed by atoms with Crippen molar-refractivity contribution in [3.8, 4) is 0 Å². The predicted octanol–water partition coefficient (Wildman–Crippen LogP) is 1.23. The van der Waals surface area contributed by atoms with E-state index in [1.54, 1.807) is 7.11 Å². The molecule has 6 nitrogen and oxygen atoms in total. The van der Waals surface area contributed by atoms with Crippen molar-refractivity contribution in [2.45, 2.75) is 39.2 Å². The maximum atomic E-state index is 11.8. The van der Waals surface area contributed by atoms with Gasteiger partial charge in [0.2, 0.25) is 5.91 Å². The van der Waals surface area contributed by atoms with Crippen LogP contribution >= 0.6 is 11.8 Å². The molecule has 0 atom stereocenters. The van der Waals surface area contributed by atoms with E-state index in [9.17, 15) is 4.79 Å². The predicted molar refractivity (Wildman–Crippen MR) is 95.7 cm³/mol. The van der Waals surface area contributed by atoms with Gasteiger partial charge in [-0.3, -0.25) is 9.79 Å². The molecule has 0 aromatic heterocycles. The lowest BCUT2D eigenvalue weighted by atomic mass is 10.1. The van der Waals surface area contributed by atoms with Crippen LogP contribution in [0.25, 0.3) is 0 Å². The van der Waals surface area contributed by atoms with Crippen molar-refractivity contribution in [3.05, 3.63) is 0 Å². The van der Waals surface area contributed by atoms with Crippen molar-refractivity contribution in [3.63, 3.8) is 0 Å². The topological polar surface area (TPSA) is 74.8 Å². The number of carbonyl (C=O) groups excluding carboxylic acids is 1. The Hall–Kier alpha value is -0.950. The molecule has 1 amide bonds. The molecule has 3 N–H and O–H groups in total. The Bertz CT molecular complexity index is 330. The largest absolute Gasteiger partial charge is 0.383 e. The number of hydrogen-bond donors (Lipinski definition) is 3. The standard InChI is InChI=1S/C15H32N4O2S/c1-15(2,3)19-13(20)7-9-17-14(18-10-11-21-4)16-8-6-12-22-5/h6-12H2,1-5H3,(H,19,20)(H2,16,17,18). The first-order valence-electron chi connectivity index (χ1n) is 7.70. The summed E-state index contributed by atoms with van der Waals surface area (Å²) >= 11 is 1.82. The molecule has 0 saturated heterocycles. The Labute approximate surface area is 139 Å². The summed E-state index contributed by atoms with van der Waals surface area (Å²) in [6.07, 6.45) is 3.56. The quantitative estimate of drug-likeness (QED) is 0.319. The fraction of sp³-hybridized carbons (Fsp3) is 0.867. The zero-order chi connectivity index (χ0) is 16.8. The molecule has 0 aliphatic rings. The normalized spacial score (nSPS) is 12.1. The van der Waals surface area contributed by atoms with Gasteiger partial charge in [-0.2, -0.15) is 11.8 Å². The van der Waals surface area contributed by atoms with E-state index in [-0.39, 0.29) is 11.4 Å². The number of carbonyl (C=O) groups is 1. The molecule has 0 rings (SSSR count). The van der Waals surface area contributed by atoms with Crippen molar-refractivity contribution in [2.75, 3.05) is 45.4 Å². The van der Waals surface area contributed by atoms with Gasteiger partial charge in [-0.05, 0) is 39.2 Å². The van der Waals surface area contributed by atoms with E-state index in [1.165, 1.54) is 0 Å². The SMILES string of the molecule is COCCNC(=NCCCSC)NCCC(=O)NC(C)(C)C. The van der Waals surface area contributed by atoms with Gasteiger partial charge in [0.1, 0.15) is 0 Å². The monoisotopic (exact) mass is 332 g/mol. The Kier molecular flexibility index (Phi) is 12.0. The summed E-state index contributed by atoms with van der Waals surface area (Å²) in [7, 11) is 1.67. The van der Waals surface area contributed by atoms with Crippen LogP contribution < -0.4 is 16.0 Å². The molecule has 0 spiro atoms. The van der Waals surface area contributed by atoms with Gasteiger partial charge in [0.05, 0.1) is 6.61 Å². The van der Waals surface area contributed by atoms with Gasteiger partial charge in [-0.1, -0.05) is 0 Å².